The van der Waals surface area contributed by atoms with Crippen LogP contribution in [-0.2, 0) is 0 Å². The lowest BCUT2D eigenvalue weighted by Gasteiger charge is -2.31. The molecule has 2 heterocycles. The molecule has 2 N–H and O–H groups in total. The molecule has 0 radical (unpaired) electrons. The summed E-state index contributed by atoms with van der Waals surface area (Å²) >= 11 is 0. The maximum atomic E-state index is 12.1. The first-order chi connectivity index (χ1) is 9.10. The van der Waals surface area contributed by atoms with E-state index < -0.39 is 0 Å². The van der Waals surface area contributed by atoms with E-state index in [4.69, 9.17) is 4.74 Å². The van der Waals surface area contributed by atoms with Crippen LogP contribution in [0.5, 0.6) is 6.01 Å². The molecule has 1 aliphatic heterocycles. The van der Waals surface area contributed by atoms with Crippen molar-refractivity contribution in [1.29, 1.82) is 0 Å². The molecule has 0 bridgehead atoms. The number of aryl methyl sites for hydroxylation is 1. The Morgan fingerprint density at radius 3 is 3.05 bits per heavy atom. The van der Waals surface area contributed by atoms with Crippen molar-refractivity contribution in [3.8, 4) is 6.01 Å². The van der Waals surface area contributed by atoms with Gasteiger partial charge in [-0.25, -0.2) is 9.78 Å². The van der Waals surface area contributed by atoms with Gasteiger partial charge in [0, 0.05) is 25.7 Å². The predicted octanol–water partition coefficient (Wildman–Crippen LogP) is 0.619. The highest BCUT2D eigenvalue weighted by atomic mass is 16.5. The molecule has 0 spiro atoms. The van der Waals surface area contributed by atoms with Gasteiger partial charge in [0.1, 0.15) is 0 Å². The molecule has 1 atom stereocenters. The molecule has 2 amide bonds. The summed E-state index contributed by atoms with van der Waals surface area (Å²) in [4.78, 5) is 22.0. The van der Waals surface area contributed by atoms with E-state index in [-0.39, 0.29) is 6.03 Å². The number of nitrogens with one attached hydrogen (secondary N) is 2. The summed E-state index contributed by atoms with van der Waals surface area (Å²) in [5, 5.41) is 6.12. The number of anilines is 1. The van der Waals surface area contributed by atoms with Crippen molar-refractivity contribution in [2.24, 2.45) is 0 Å². The topological polar surface area (TPSA) is 79.4 Å². The second-order valence-electron chi connectivity index (χ2n) is 4.59. The van der Waals surface area contributed by atoms with Gasteiger partial charge in [-0.05, 0) is 13.8 Å². The highest BCUT2D eigenvalue weighted by Gasteiger charge is 2.21. The van der Waals surface area contributed by atoms with E-state index in [1.54, 1.807) is 18.0 Å². The lowest BCUT2D eigenvalue weighted by molar-refractivity contribution is 0.192. The molecule has 1 fully saturated rings. The maximum absolute atomic E-state index is 12.1. The molecule has 0 aliphatic carbocycles. The van der Waals surface area contributed by atoms with Crippen LogP contribution in [0.4, 0.5) is 10.5 Å². The van der Waals surface area contributed by atoms with Crippen LogP contribution in [-0.4, -0.2) is 53.7 Å². The van der Waals surface area contributed by atoms with Gasteiger partial charge in [0.05, 0.1) is 24.7 Å². The first-order valence-corrected chi connectivity index (χ1v) is 6.27. The lowest BCUT2D eigenvalue weighted by Crippen LogP contribution is -2.52. The molecule has 0 aromatic carbocycles. The van der Waals surface area contributed by atoms with Crippen molar-refractivity contribution in [2.75, 3.05) is 32.1 Å². The fourth-order valence-corrected chi connectivity index (χ4v) is 1.98. The van der Waals surface area contributed by atoms with Crippen LogP contribution < -0.4 is 15.4 Å². The summed E-state index contributed by atoms with van der Waals surface area (Å²) in [5.41, 5.74) is 1.29. The summed E-state index contributed by atoms with van der Waals surface area (Å²) < 4.78 is 4.93. The van der Waals surface area contributed by atoms with E-state index in [0.717, 1.165) is 6.54 Å². The zero-order valence-electron chi connectivity index (χ0n) is 11.4. The van der Waals surface area contributed by atoms with Gasteiger partial charge in [0.15, 0.2) is 0 Å². The molecular formula is C12H19N5O2. The predicted molar refractivity (Wildman–Crippen MR) is 71.4 cm³/mol. The number of nitrogens with zero attached hydrogens (tertiary/aromatic N) is 3. The van der Waals surface area contributed by atoms with Crippen molar-refractivity contribution in [2.45, 2.75) is 19.9 Å². The van der Waals surface area contributed by atoms with Gasteiger partial charge in [0.2, 0.25) is 0 Å². The van der Waals surface area contributed by atoms with Crippen LogP contribution in [0.25, 0.3) is 0 Å². The minimum atomic E-state index is -0.120. The van der Waals surface area contributed by atoms with Crippen molar-refractivity contribution < 1.29 is 9.53 Å². The molecular weight excluding hydrogens is 246 g/mol. The molecule has 0 saturated carbocycles. The Balaban J connectivity index is 2.02. The number of carbonyl (C=O) groups is 1. The Bertz CT molecular complexity index is 465. The second kappa shape index (κ2) is 5.83. The van der Waals surface area contributed by atoms with Gasteiger partial charge in [-0.2, -0.15) is 4.98 Å². The van der Waals surface area contributed by atoms with E-state index >= 15 is 0 Å². The van der Waals surface area contributed by atoms with Crippen LogP contribution >= 0.6 is 0 Å². The Hall–Kier alpha value is -1.89. The molecule has 7 nitrogen and oxygen atoms in total. The van der Waals surface area contributed by atoms with Gasteiger partial charge in [-0.1, -0.05) is 0 Å². The fourth-order valence-electron chi connectivity index (χ4n) is 1.98. The van der Waals surface area contributed by atoms with Crippen LogP contribution in [0, 0.1) is 6.92 Å². The highest BCUT2D eigenvalue weighted by molar-refractivity contribution is 5.89. The number of hydrogen-bond donors (Lipinski definition) is 2. The van der Waals surface area contributed by atoms with Gasteiger partial charge < -0.3 is 20.3 Å². The average Bonchev–Trinajstić information content (AvgIpc) is 2.41. The van der Waals surface area contributed by atoms with Crippen LogP contribution in [0.1, 0.15) is 12.6 Å². The quantitative estimate of drug-likeness (QED) is 0.819. The lowest BCUT2D eigenvalue weighted by atomic mass is 10.2. The average molecular weight is 265 g/mol. The number of methoxy groups -OCH3 is 1. The molecule has 1 unspecified atom stereocenters. The molecule has 1 aromatic rings. The number of piperazine rings is 1. The summed E-state index contributed by atoms with van der Waals surface area (Å²) in [6, 6.07) is 0.490. The van der Waals surface area contributed by atoms with Gasteiger partial charge in [-0.3, -0.25) is 0 Å². The third kappa shape index (κ3) is 3.31. The SMILES string of the molecule is COc1ncc(NC(=O)N2CCNC(C)C2)c(C)n1. The molecule has 1 aromatic heterocycles. The zero-order valence-corrected chi connectivity index (χ0v) is 11.4. The summed E-state index contributed by atoms with van der Waals surface area (Å²) in [6.45, 7) is 6.07. The Morgan fingerprint density at radius 1 is 1.63 bits per heavy atom. The van der Waals surface area contributed by atoms with Crippen molar-refractivity contribution >= 4 is 11.7 Å². The van der Waals surface area contributed by atoms with Crippen LogP contribution in [0.3, 0.4) is 0 Å². The number of rotatable bonds is 2. The summed E-state index contributed by atoms with van der Waals surface area (Å²) in [7, 11) is 1.51. The monoisotopic (exact) mass is 265 g/mol. The van der Waals surface area contributed by atoms with Crippen molar-refractivity contribution in [3.63, 3.8) is 0 Å². The summed E-state index contributed by atoms with van der Waals surface area (Å²) in [6.07, 6.45) is 1.56. The van der Waals surface area contributed by atoms with Crippen LogP contribution in [0.15, 0.2) is 6.20 Å². The Kier molecular flexibility index (Phi) is 4.16. The highest BCUT2D eigenvalue weighted by Crippen LogP contribution is 2.14. The number of aromatic nitrogens is 2. The van der Waals surface area contributed by atoms with Gasteiger partial charge >= 0.3 is 12.0 Å². The van der Waals surface area contributed by atoms with Gasteiger partial charge in [0.25, 0.3) is 0 Å². The van der Waals surface area contributed by atoms with E-state index in [1.165, 1.54) is 7.11 Å². The number of carbonyl (C=O) groups excluding carboxylic acids is 1. The Labute approximate surface area is 112 Å². The first-order valence-electron chi connectivity index (χ1n) is 6.27. The van der Waals surface area contributed by atoms with Crippen LogP contribution in [0.2, 0.25) is 0 Å². The molecule has 19 heavy (non-hydrogen) atoms. The minimum absolute atomic E-state index is 0.120. The normalized spacial score (nSPS) is 19.1. The van der Waals surface area contributed by atoms with E-state index in [9.17, 15) is 4.79 Å². The third-order valence-corrected chi connectivity index (χ3v) is 3.04. The maximum Gasteiger partial charge on any atom is 0.322 e. The Morgan fingerprint density at radius 2 is 2.42 bits per heavy atom. The second-order valence-corrected chi connectivity index (χ2v) is 4.59. The zero-order chi connectivity index (χ0) is 13.8. The number of urea groups is 1. The molecule has 1 saturated heterocycles. The first kappa shape index (κ1) is 13.5. The van der Waals surface area contributed by atoms with E-state index in [0.29, 0.717) is 36.5 Å². The molecule has 7 heteroatoms. The minimum Gasteiger partial charge on any atom is -0.467 e. The van der Waals surface area contributed by atoms with Crippen molar-refractivity contribution in [3.05, 3.63) is 11.9 Å². The fraction of sp³-hybridized carbons (Fsp3) is 0.583. The standard InChI is InChI=1S/C12H19N5O2/c1-8-7-17(5-4-13-8)12(18)16-10-6-14-11(19-3)15-9(10)2/h6,8,13H,4-5,7H2,1-3H3,(H,16,18). The smallest absolute Gasteiger partial charge is 0.322 e. The summed E-state index contributed by atoms with van der Waals surface area (Å²) in [5.74, 6) is 0. The third-order valence-electron chi connectivity index (χ3n) is 3.04. The molecule has 2 rings (SSSR count). The number of ether oxygens (including phenoxy) is 1. The van der Waals surface area contributed by atoms with E-state index in [2.05, 4.69) is 27.5 Å². The molecule has 104 valence electrons. The van der Waals surface area contributed by atoms with Gasteiger partial charge in [-0.15, -0.1) is 0 Å². The number of hydrogen-bond acceptors (Lipinski definition) is 5. The van der Waals surface area contributed by atoms with Crippen molar-refractivity contribution in [1.82, 2.24) is 20.2 Å². The number of amides is 2. The van der Waals surface area contributed by atoms with E-state index in [1.807, 2.05) is 0 Å². The largest absolute Gasteiger partial charge is 0.467 e. The molecule has 1 aliphatic rings.